The maximum Gasteiger partial charge on any atom is 0.000673 e. The van der Waals surface area contributed by atoms with Gasteiger partial charge in [-0.25, -0.2) is 0 Å². The van der Waals surface area contributed by atoms with E-state index in [2.05, 4.69) is 42.3 Å². The molecule has 82 valence electrons. The molecule has 0 N–H and O–H groups in total. The third-order valence-corrected chi connectivity index (χ3v) is 3.41. The minimum atomic E-state index is 0.920. The first-order valence-electron chi connectivity index (χ1n) is 6.07. The Balaban J connectivity index is 1.78. The Bertz CT molecular complexity index is 281. The van der Waals surface area contributed by atoms with Gasteiger partial charge >= 0.3 is 0 Å². The van der Waals surface area contributed by atoms with Crippen molar-refractivity contribution in [1.29, 1.82) is 0 Å². The number of piperidine rings is 1. The predicted molar refractivity (Wildman–Crippen MR) is 65.0 cm³/mol. The predicted octanol–water partition coefficient (Wildman–Crippen LogP) is 2.96. The van der Waals surface area contributed by atoms with Crippen molar-refractivity contribution in [3.63, 3.8) is 0 Å². The number of aryl methyl sites for hydroxylation is 1. The molecule has 15 heavy (non-hydrogen) atoms. The molecule has 1 fully saturated rings. The largest absolute Gasteiger partial charge is 0.306 e. The molecule has 1 saturated heterocycles. The third-order valence-electron chi connectivity index (χ3n) is 3.41. The van der Waals surface area contributed by atoms with Crippen LogP contribution in [0.1, 0.15) is 24.8 Å². The molecule has 1 aliphatic heterocycles. The van der Waals surface area contributed by atoms with Crippen molar-refractivity contribution in [2.45, 2.75) is 25.7 Å². The molecular formula is C14H21N. The van der Waals surface area contributed by atoms with Gasteiger partial charge in [0.15, 0.2) is 0 Å². The monoisotopic (exact) mass is 203 g/mol. The molecule has 0 amide bonds. The third kappa shape index (κ3) is 3.35. The van der Waals surface area contributed by atoms with Gasteiger partial charge in [-0.15, -0.1) is 0 Å². The van der Waals surface area contributed by atoms with Crippen LogP contribution in [0.5, 0.6) is 0 Å². The van der Waals surface area contributed by atoms with Crippen LogP contribution < -0.4 is 0 Å². The van der Waals surface area contributed by atoms with E-state index in [1.807, 2.05) is 0 Å². The van der Waals surface area contributed by atoms with Gasteiger partial charge < -0.3 is 4.90 Å². The van der Waals surface area contributed by atoms with Gasteiger partial charge in [0.2, 0.25) is 0 Å². The van der Waals surface area contributed by atoms with Crippen LogP contribution in [0.15, 0.2) is 30.3 Å². The molecule has 1 aliphatic rings. The van der Waals surface area contributed by atoms with Crippen molar-refractivity contribution < 1.29 is 0 Å². The second-order valence-electron chi connectivity index (χ2n) is 4.79. The highest BCUT2D eigenvalue weighted by Gasteiger charge is 2.16. The van der Waals surface area contributed by atoms with Crippen molar-refractivity contribution in [1.82, 2.24) is 4.90 Å². The lowest BCUT2D eigenvalue weighted by Gasteiger charge is -2.29. The van der Waals surface area contributed by atoms with E-state index >= 15 is 0 Å². The fourth-order valence-electron chi connectivity index (χ4n) is 2.52. The highest BCUT2D eigenvalue weighted by Crippen LogP contribution is 2.20. The van der Waals surface area contributed by atoms with E-state index in [9.17, 15) is 0 Å². The summed E-state index contributed by atoms with van der Waals surface area (Å²) in [7, 11) is 2.24. The van der Waals surface area contributed by atoms with E-state index in [0.29, 0.717) is 0 Å². The van der Waals surface area contributed by atoms with Crippen LogP contribution in [0, 0.1) is 5.92 Å². The Morgan fingerprint density at radius 2 is 2.07 bits per heavy atom. The van der Waals surface area contributed by atoms with Gasteiger partial charge in [0.05, 0.1) is 0 Å². The van der Waals surface area contributed by atoms with Crippen molar-refractivity contribution in [3.05, 3.63) is 35.9 Å². The molecule has 1 nitrogen and oxygen atoms in total. The van der Waals surface area contributed by atoms with Crippen LogP contribution in [-0.4, -0.2) is 25.0 Å². The number of hydrogen-bond donors (Lipinski definition) is 0. The molecule has 0 spiro atoms. The van der Waals surface area contributed by atoms with Crippen LogP contribution in [-0.2, 0) is 6.42 Å². The standard InChI is InChI=1S/C14H21N/c1-15-11-5-8-14(12-15)10-9-13-6-3-2-4-7-13/h2-4,6-7,14H,5,8-12H2,1H3/t14-/m0/s1. The lowest BCUT2D eigenvalue weighted by molar-refractivity contribution is 0.202. The Morgan fingerprint density at radius 1 is 1.27 bits per heavy atom. The Hall–Kier alpha value is -0.820. The van der Waals surface area contributed by atoms with E-state index in [4.69, 9.17) is 0 Å². The number of likely N-dealkylation sites (tertiary alicyclic amines) is 1. The van der Waals surface area contributed by atoms with Crippen LogP contribution in [0.2, 0.25) is 0 Å². The van der Waals surface area contributed by atoms with E-state index < -0.39 is 0 Å². The van der Waals surface area contributed by atoms with Gasteiger partial charge in [0, 0.05) is 6.54 Å². The van der Waals surface area contributed by atoms with Crippen molar-refractivity contribution in [3.8, 4) is 0 Å². The lowest BCUT2D eigenvalue weighted by atomic mass is 9.92. The Kier molecular flexibility index (Phi) is 3.79. The van der Waals surface area contributed by atoms with Gasteiger partial charge in [0.25, 0.3) is 0 Å². The maximum atomic E-state index is 2.47. The summed E-state index contributed by atoms with van der Waals surface area (Å²) in [6, 6.07) is 10.9. The molecule has 1 atom stereocenters. The van der Waals surface area contributed by atoms with Crippen molar-refractivity contribution in [2.24, 2.45) is 5.92 Å². The smallest absolute Gasteiger partial charge is 0.000673 e. The molecule has 0 radical (unpaired) electrons. The molecule has 1 aromatic carbocycles. The van der Waals surface area contributed by atoms with Gasteiger partial charge in [-0.1, -0.05) is 30.3 Å². The lowest BCUT2D eigenvalue weighted by Crippen LogP contribution is -2.32. The average molecular weight is 203 g/mol. The summed E-state index contributed by atoms with van der Waals surface area (Å²) in [5.41, 5.74) is 1.49. The summed E-state index contributed by atoms with van der Waals surface area (Å²) in [4.78, 5) is 2.47. The molecular weight excluding hydrogens is 182 g/mol. The average Bonchev–Trinajstić information content (AvgIpc) is 2.28. The summed E-state index contributed by atoms with van der Waals surface area (Å²) in [6.07, 6.45) is 5.42. The number of nitrogens with zero attached hydrogens (tertiary/aromatic N) is 1. The van der Waals surface area contributed by atoms with Crippen LogP contribution >= 0.6 is 0 Å². The minimum Gasteiger partial charge on any atom is -0.306 e. The van der Waals surface area contributed by atoms with Crippen LogP contribution in [0.25, 0.3) is 0 Å². The molecule has 0 aromatic heterocycles. The van der Waals surface area contributed by atoms with E-state index in [0.717, 1.165) is 5.92 Å². The topological polar surface area (TPSA) is 3.24 Å². The van der Waals surface area contributed by atoms with E-state index in [1.54, 1.807) is 0 Å². The summed E-state index contributed by atoms with van der Waals surface area (Å²) in [6.45, 7) is 2.59. The first kappa shape index (κ1) is 10.7. The highest BCUT2D eigenvalue weighted by atomic mass is 15.1. The second kappa shape index (κ2) is 5.32. The molecule has 1 heteroatoms. The van der Waals surface area contributed by atoms with Crippen molar-refractivity contribution in [2.75, 3.05) is 20.1 Å². The molecule has 0 unspecified atom stereocenters. The Labute approximate surface area is 93.1 Å². The maximum absolute atomic E-state index is 2.47. The van der Waals surface area contributed by atoms with Crippen LogP contribution in [0.3, 0.4) is 0 Å². The molecule has 0 saturated carbocycles. The second-order valence-corrected chi connectivity index (χ2v) is 4.79. The molecule has 2 rings (SSSR count). The fourth-order valence-corrected chi connectivity index (χ4v) is 2.52. The fraction of sp³-hybridized carbons (Fsp3) is 0.571. The summed E-state index contributed by atoms with van der Waals surface area (Å²) in [5.74, 6) is 0.920. The van der Waals surface area contributed by atoms with Gasteiger partial charge in [-0.3, -0.25) is 0 Å². The van der Waals surface area contributed by atoms with Gasteiger partial charge in [-0.05, 0) is 50.8 Å². The first-order valence-corrected chi connectivity index (χ1v) is 6.07. The van der Waals surface area contributed by atoms with E-state index in [1.165, 1.54) is 44.3 Å². The Morgan fingerprint density at radius 3 is 2.80 bits per heavy atom. The minimum absolute atomic E-state index is 0.920. The summed E-state index contributed by atoms with van der Waals surface area (Å²) >= 11 is 0. The number of benzene rings is 1. The zero-order valence-corrected chi connectivity index (χ0v) is 9.65. The zero-order valence-electron chi connectivity index (χ0n) is 9.65. The van der Waals surface area contributed by atoms with Gasteiger partial charge in [-0.2, -0.15) is 0 Å². The molecule has 1 heterocycles. The molecule has 0 aliphatic carbocycles. The van der Waals surface area contributed by atoms with Gasteiger partial charge in [0.1, 0.15) is 0 Å². The van der Waals surface area contributed by atoms with Crippen LogP contribution in [0.4, 0.5) is 0 Å². The number of rotatable bonds is 3. The summed E-state index contributed by atoms with van der Waals surface area (Å²) in [5, 5.41) is 0. The van der Waals surface area contributed by atoms with E-state index in [-0.39, 0.29) is 0 Å². The first-order chi connectivity index (χ1) is 7.34. The van der Waals surface area contributed by atoms with Crippen molar-refractivity contribution >= 4 is 0 Å². The molecule has 1 aromatic rings. The zero-order chi connectivity index (χ0) is 10.5. The normalized spacial score (nSPS) is 22.9. The molecule has 0 bridgehead atoms. The summed E-state index contributed by atoms with van der Waals surface area (Å²) < 4.78 is 0. The number of hydrogen-bond acceptors (Lipinski definition) is 1. The highest BCUT2D eigenvalue weighted by molar-refractivity contribution is 5.14. The quantitative estimate of drug-likeness (QED) is 0.730. The SMILES string of the molecule is CN1CCC[C@@H](CCc2ccccc2)C1.